The second-order valence-corrected chi connectivity index (χ2v) is 2.32. The lowest BCUT2D eigenvalue weighted by Gasteiger charge is -2.04. The highest BCUT2D eigenvalue weighted by Gasteiger charge is 2.38. The van der Waals surface area contributed by atoms with Crippen LogP contribution in [0.25, 0.3) is 0 Å². The molecule has 0 aliphatic carbocycles. The summed E-state index contributed by atoms with van der Waals surface area (Å²) in [6.45, 7) is -0.492. The first-order valence-electron chi connectivity index (χ1n) is 2.86. The lowest BCUT2D eigenvalue weighted by atomic mass is 10.2. The first-order chi connectivity index (χ1) is 4.14. The van der Waals surface area contributed by atoms with Crippen LogP contribution >= 0.6 is 0 Å². The Kier molecular flexibility index (Phi) is 1.68. The molecule has 9 heavy (non-hydrogen) atoms. The molecule has 1 fully saturated rings. The van der Waals surface area contributed by atoms with Gasteiger partial charge < -0.3 is 10.4 Å². The van der Waals surface area contributed by atoms with E-state index in [0.29, 0.717) is 0 Å². The zero-order chi connectivity index (χ0) is 6.91. The second kappa shape index (κ2) is 2.19. The van der Waals surface area contributed by atoms with E-state index in [4.69, 9.17) is 5.11 Å². The molecule has 2 N–H and O–H groups in total. The van der Waals surface area contributed by atoms with Gasteiger partial charge in [-0.25, -0.2) is 8.78 Å². The average Bonchev–Trinajstić information content (AvgIpc) is 2.10. The summed E-state index contributed by atoms with van der Waals surface area (Å²) in [5, 5.41) is 10.9. The van der Waals surface area contributed by atoms with E-state index in [0.717, 1.165) is 0 Å². The highest BCUT2D eigenvalue weighted by Crippen LogP contribution is 2.24. The summed E-state index contributed by atoms with van der Waals surface area (Å²) < 4.78 is 24.4. The van der Waals surface area contributed by atoms with Crippen molar-refractivity contribution in [2.24, 2.45) is 0 Å². The molecule has 1 heterocycles. The molecular formula is C5H9F2NO. The van der Waals surface area contributed by atoms with Crippen LogP contribution < -0.4 is 5.32 Å². The maximum atomic E-state index is 12.2. The van der Waals surface area contributed by atoms with E-state index in [1.165, 1.54) is 0 Å². The van der Waals surface area contributed by atoms with Crippen LogP contribution in [0.5, 0.6) is 0 Å². The first-order valence-corrected chi connectivity index (χ1v) is 2.86. The standard InChI is InChI=1S/C5H9F2NO/c6-5(7)1-4(2-9)8-3-5/h4,8-9H,1-3H2. The normalized spacial score (nSPS) is 33.0. The number of aliphatic hydroxyl groups excluding tert-OH is 1. The number of rotatable bonds is 1. The molecule has 1 unspecified atom stereocenters. The van der Waals surface area contributed by atoms with E-state index in [1.54, 1.807) is 0 Å². The largest absolute Gasteiger partial charge is 0.395 e. The van der Waals surface area contributed by atoms with Crippen LogP contribution in [0.1, 0.15) is 6.42 Å². The lowest BCUT2D eigenvalue weighted by molar-refractivity contribution is 0.0192. The molecular weight excluding hydrogens is 128 g/mol. The monoisotopic (exact) mass is 137 g/mol. The molecule has 0 aromatic rings. The third kappa shape index (κ3) is 1.59. The van der Waals surface area contributed by atoms with Gasteiger partial charge in [0.05, 0.1) is 13.2 Å². The van der Waals surface area contributed by atoms with Gasteiger partial charge in [0, 0.05) is 12.5 Å². The summed E-state index contributed by atoms with van der Waals surface area (Å²) in [6, 6.07) is -0.403. The second-order valence-electron chi connectivity index (χ2n) is 2.32. The Morgan fingerprint density at radius 3 is 2.56 bits per heavy atom. The fraction of sp³-hybridized carbons (Fsp3) is 1.00. The van der Waals surface area contributed by atoms with Crippen LogP contribution in [0.4, 0.5) is 8.78 Å². The van der Waals surface area contributed by atoms with E-state index >= 15 is 0 Å². The fourth-order valence-corrected chi connectivity index (χ4v) is 0.928. The summed E-state index contributed by atoms with van der Waals surface area (Å²) in [5.74, 6) is -2.60. The quantitative estimate of drug-likeness (QED) is 0.532. The van der Waals surface area contributed by atoms with Gasteiger partial charge in [-0.2, -0.15) is 0 Å². The predicted octanol–water partition coefficient (Wildman–Crippen LogP) is -0.0241. The molecule has 0 aromatic carbocycles. The van der Waals surface area contributed by atoms with Crippen molar-refractivity contribution in [3.05, 3.63) is 0 Å². The fourth-order valence-electron chi connectivity index (χ4n) is 0.928. The molecule has 4 heteroatoms. The molecule has 2 nitrogen and oxygen atoms in total. The highest BCUT2D eigenvalue weighted by molar-refractivity contribution is 4.86. The zero-order valence-electron chi connectivity index (χ0n) is 4.90. The Bertz CT molecular complexity index is 107. The molecule has 1 rings (SSSR count). The van der Waals surface area contributed by atoms with Gasteiger partial charge in [0.15, 0.2) is 0 Å². The summed E-state index contributed by atoms with van der Waals surface area (Å²) in [6.07, 6.45) is -0.233. The van der Waals surface area contributed by atoms with Crippen molar-refractivity contribution in [3.8, 4) is 0 Å². The van der Waals surface area contributed by atoms with Gasteiger partial charge in [0.1, 0.15) is 0 Å². The van der Waals surface area contributed by atoms with Crippen LogP contribution in [0.2, 0.25) is 0 Å². The van der Waals surface area contributed by atoms with Gasteiger partial charge in [-0.15, -0.1) is 0 Å². The predicted molar refractivity (Wildman–Crippen MR) is 28.4 cm³/mol. The van der Waals surface area contributed by atoms with Crippen molar-refractivity contribution >= 4 is 0 Å². The molecule has 0 aromatic heterocycles. The minimum atomic E-state index is -2.60. The van der Waals surface area contributed by atoms with Crippen molar-refractivity contribution < 1.29 is 13.9 Å². The van der Waals surface area contributed by atoms with E-state index in [9.17, 15) is 8.78 Å². The van der Waals surface area contributed by atoms with Crippen LogP contribution in [0.15, 0.2) is 0 Å². The maximum absolute atomic E-state index is 12.2. The van der Waals surface area contributed by atoms with Crippen LogP contribution in [-0.4, -0.2) is 30.2 Å². The van der Waals surface area contributed by atoms with Crippen molar-refractivity contribution in [3.63, 3.8) is 0 Å². The number of hydrogen-bond donors (Lipinski definition) is 2. The Labute approximate surface area is 51.9 Å². The topological polar surface area (TPSA) is 32.3 Å². The number of hydrogen-bond acceptors (Lipinski definition) is 2. The van der Waals surface area contributed by atoms with Crippen molar-refractivity contribution in [2.75, 3.05) is 13.2 Å². The van der Waals surface area contributed by atoms with Gasteiger partial charge in [-0.05, 0) is 0 Å². The SMILES string of the molecule is OCC1CC(F)(F)CN1. The average molecular weight is 137 g/mol. The van der Waals surface area contributed by atoms with Crippen molar-refractivity contribution in [1.29, 1.82) is 0 Å². The number of halogens is 2. The van der Waals surface area contributed by atoms with E-state index < -0.39 is 12.0 Å². The summed E-state index contributed by atoms with van der Waals surface area (Å²) in [5.41, 5.74) is 0. The molecule has 0 amide bonds. The molecule has 0 spiro atoms. The molecule has 0 bridgehead atoms. The van der Waals surface area contributed by atoms with Gasteiger partial charge in [0.2, 0.25) is 0 Å². The maximum Gasteiger partial charge on any atom is 0.261 e. The molecule has 1 atom stereocenters. The molecule has 0 radical (unpaired) electrons. The van der Waals surface area contributed by atoms with Gasteiger partial charge in [-0.1, -0.05) is 0 Å². The summed E-state index contributed by atoms with van der Waals surface area (Å²) in [4.78, 5) is 0. The van der Waals surface area contributed by atoms with Crippen LogP contribution in [-0.2, 0) is 0 Å². The Morgan fingerprint density at radius 2 is 2.33 bits per heavy atom. The highest BCUT2D eigenvalue weighted by atomic mass is 19.3. The zero-order valence-corrected chi connectivity index (χ0v) is 4.90. The lowest BCUT2D eigenvalue weighted by Crippen LogP contribution is -2.25. The van der Waals surface area contributed by atoms with Gasteiger partial charge in [0.25, 0.3) is 5.92 Å². The van der Waals surface area contributed by atoms with E-state index in [-0.39, 0.29) is 19.6 Å². The summed E-state index contributed by atoms with van der Waals surface area (Å²) in [7, 11) is 0. The smallest absolute Gasteiger partial charge is 0.261 e. The number of alkyl halides is 2. The minimum Gasteiger partial charge on any atom is -0.395 e. The third-order valence-electron chi connectivity index (χ3n) is 1.41. The van der Waals surface area contributed by atoms with Crippen LogP contribution in [0, 0.1) is 0 Å². The van der Waals surface area contributed by atoms with Crippen molar-refractivity contribution in [2.45, 2.75) is 18.4 Å². The van der Waals surface area contributed by atoms with E-state index in [1.807, 2.05) is 0 Å². The third-order valence-corrected chi connectivity index (χ3v) is 1.41. The molecule has 1 aliphatic heterocycles. The van der Waals surface area contributed by atoms with E-state index in [2.05, 4.69) is 5.32 Å². The Hall–Kier alpha value is -0.220. The molecule has 1 aliphatic rings. The molecule has 1 saturated heterocycles. The number of nitrogens with one attached hydrogen (secondary N) is 1. The Morgan fingerprint density at radius 1 is 1.67 bits per heavy atom. The van der Waals surface area contributed by atoms with Crippen LogP contribution in [0.3, 0.4) is 0 Å². The Balaban J connectivity index is 2.38. The first kappa shape index (κ1) is 6.89. The minimum absolute atomic E-state index is 0.199. The summed E-state index contributed by atoms with van der Waals surface area (Å²) >= 11 is 0. The van der Waals surface area contributed by atoms with Crippen molar-refractivity contribution in [1.82, 2.24) is 5.32 Å². The molecule has 54 valence electrons. The number of aliphatic hydroxyl groups is 1. The van der Waals surface area contributed by atoms with Gasteiger partial charge >= 0.3 is 0 Å². The van der Waals surface area contributed by atoms with Gasteiger partial charge in [-0.3, -0.25) is 0 Å². The molecule has 0 saturated carbocycles.